The molecule has 116 valence electrons. The van der Waals surface area contributed by atoms with Gasteiger partial charge in [0.2, 0.25) is 5.91 Å². The zero-order valence-electron chi connectivity index (χ0n) is 11.7. The summed E-state index contributed by atoms with van der Waals surface area (Å²) in [5.74, 6) is 0.0477. The van der Waals surface area contributed by atoms with Crippen LogP contribution in [0.4, 0.5) is 0 Å². The molecule has 1 amide bonds. The monoisotopic (exact) mass is 349 g/mol. The molecule has 1 unspecified atom stereocenters. The van der Waals surface area contributed by atoms with E-state index < -0.39 is 9.84 Å². The minimum absolute atomic E-state index is 0.0445. The van der Waals surface area contributed by atoms with Gasteiger partial charge in [-0.3, -0.25) is 4.79 Å². The van der Waals surface area contributed by atoms with Crippen LogP contribution in [0.25, 0.3) is 0 Å². The fraction of sp³-hybridized carbons (Fsp3) is 0.500. The molecule has 0 bridgehead atoms. The number of sulfone groups is 1. The second kappa shape index (κ2) is 6.55. The summed E-state index contributed by atoms with van der Waals surface area (Å²) in [7, 11) is -3.02. The van der Waals surface area contributed by atoms with E-state index in [2.05, 4.69) is 0 Å². The molecule has 4 nitrogen and oxygen atoms in total. The Morgan fingerprint density at radius 3 is 2.43 bits per heavy atom. The van der Waals surface area contributed by atoms with E-state index >= 15 is 0 Å². The topological polar surface area (TPSA) is 54.5 Å². The molecule has 0 saturated carbocycles. The van der Waals surface area contributed by atoms with Gasteiger partial charge >= 0.3 is 0 Å². The van der Waals surface area contributed by atoms with Crippen molar-refractivity contribution in [1.29, 1.82) is 0 Å². The van der Waals surface area contributed by atoms with Crippen LogP contribution in [0.2, 0.25) is 10.0 Å². The quantitative estimate of drug-likeness (QED) is 0.839. The van der Waals surface area contributed by atoms with E-state index in [9.17, 15) is 13.2 Å². The van der Waals surface area contributed by atoms with Crippen molar-refractivity contribution in [3.05, 3.63) is 33.8 Å². The van der Waals surface area contributed by atoms with Crippen LogP contribution in [0.3, 0.4) is 0 Å². The largest absolute Gasteiger partial charge is 0.339 e. The van der Waals surface area contributed by atoms with Crippen LogP contribution in [0.1, 0.15) is 18.9 Å². The number of likely N-dealkylation sites (N-methyl/N-ethyl adjacent to an activating group) is 1. The van der Waals surface area contributed by atoms with E-state index in [0.717, 1.165) is 0 Å². The molecule has 0 aliphatic carbocycles. The third-order valence-electron chi connectivity index (χ3n) is 3.70. The molecule has 0 aromatic heterocycles. The first-order valence-corrected chi connectivity index (χ1v) is 9.34. The highest BCUT2D eigenvalue weighted by Crippen LogP contribution is 2.26. The first-order valence-electron chi connectivity index (χ1n) is 6.77. The molecule has 1 atom stereocenters. The van der Waals surface area contributed by atoms with Crippen molar-refractivity contribution in [3.63, 3.8) is 0 Å². The van der Waals surface area contributed by atoms with Gasteiger partial charge in [-0.2, -0.15) is 0 Å². The molecule has 1 saturated heterocycles. The van der Waals surface area contributed by atoms with Gasteiger partial charge in [0.15, 0.2) is 9.84 Å². The summed E-state index contributed by atoms with van der Waals surface area (Å²) in [6.45, 7) is 2.32. The van der Waals surface area contributed by atoms with Gasteiger partial charge in [0.25, 0.3) is 0 Å². The molecule has 2 rings (SSSR count). The highest BCUT2D eigenvalue weighted by Gasteiger charge is 2.34. The first kappa shape index (κ1) is 16.6. The summed E-state index contributed by atoms with van der Waals surface area (Å²) in [6, 6.07) is 4.85. The molecule has 1 aromatic carbocycles. The number of carbonyl (C=O) groups excluding carboxylic acids is 1. The van der Waals surface area contributed by atoms with E-state index in [-0.39, 0.29) is 29.9 Å². The predicted molar refractivity (Wildman–Crippen MR) is 84.6 cm³/mol. The van der Waals surface area contributed by atoms with E-state index in [1.807, 2.05) is 6.92 Å². The van der Waals surface area contributed by atoms with E-state index in [0.29, 0.717) is 28.6 Å². The summed E-state index contributed by atoms with van der Waals surface area (Å²) < 4.78 is 23.1. The van der Waals surface area contributed by atoms with Gasteiger partial charge in [0, 0.05) is 22.6 Å². The molecule has 0 radical (unpaired) electrons. The SMILES string of the molecule is CCN(C(=O)Cc1c(Cl)cccc1Cl)C1CCS(=O)(=O)C1. The van der Waals surface area contributed by atoms with Crippen LogP contribution in [0, 0.1) is 0 Å². The number of hydrogen-bond donors (Lipinski definition) is 0. The third-order valence-corrected chi connectivity index (χ3v) is 6.16. The zero-order chi connectivity index (χ0) is 15.6. The van der Waals surface area contributed by atoms with Crippen molar-refractivity contribution in [2.75, 3.05) is 18.1 Å². The van der Waals surface area contributed by atoms with Gasteiger partial charge in [0.05, 0.1) is 17.9 Å². The fourth-order valence-electron chi connectivity index (χ4n) is 2.61. The molecular formula is C14H17Cl2NO3S. The molecule has 7 heteroatoms. The maximum atomic E-state index is 12.5. The van der Waals surface area contributed by atoms with Crippen molar-refractivity contribution in [3.8, 4) is 0 Å². The molecule has 1 aromatic rings. The van der Waals surface area contributed by atoms with Crippen LogP contribution in [-0.4, -0.2) is 43.3 Å². The van der Waals surface area contributed by atoms with Gasteiger partial charge in [-0.05, 0) is 31.0 Å². The van der Waals surface area contributed by atoms with Crippen LogP contribution in [0.15, 0.2) is 18.2 Å². The normalized spacial score (nSPS) is 20.4. The summed E-state index contributed by atoms with van der Waals surface area (Å²) >= 11 is 12.2. The van der Waals surface area contributed by atoms with Crippen molar-refractivity contribution >= 4 is 38.9 Å². The minimum Gasteiger partial charge on any atom is -0.339 e. The lowest BCUT2D eigenvalue weighted by Gasteiger charge is -2.27. The number of nitrogens with zero attached hydrogens (tertiary/aromatic N) is 1. The lowest BCUT2D eigenvalue weighted by molar-refractivity contribution is -0.132. The lowest BCUT2D eigenvalue weighted by atomic mass is 10.1. The number of carbonyl (C=O) groups is 1. The molecular weight excluding hydrogens is 333 g/mol. The van der Waals surface area contributed by atoms with Gasteiger partial charge in [-0.1, -0.05) is 29.3 Å². The van der Waals surface area contributed by atoms with E-state index in [1.54, 1.807) is 23.1 Å². The summed E-state index contributed by atoms with van der Waals surface area (Å²) in [5, 5.41) is 0.900. The maximum Gasteiger partial charge on any atom is 0.227 e. The number of rotatable bonds is 4. The molecule has 1 fully saturated rings. The van der Waals surface area contributed by atoms with Crippen LogP contribution in [-0.2, 0) is 21.1 Å². The average molecular weight is 350 g/mol. The Kier molecular flexibility index (Phi) is 5.17. The molecule has 1 heterocycles. The van der Waals surface area contributed by atoms with Crippen molar-refractivity contribution in [1.82, 2.24) is 4.90 Å². The summed E-state index contributed by atoms with van der Waals surface area (Å²) in [4.78, 5) is 14.1. The highest BCUT2D eigenvalue weighted by atomic mass is 35.5. The maximum absolute atomic E-state index is 12.5. The van der Waals surface area contributed by atoms with Crippen molar-refractivity contribution in [2.24, 2.45) is 0 Å². The standard InChI is InChI=1S/C14H17Cl2NO3S/c1-2-17(10-6-7-21(19,20)9-10)14(18)8-11-12(15)4-3-5-13(11)16/h3-5,10H,2,6-9H2,1H3. The van der Waals surface area contributed by atoms with Crippen LogP contribution < -0.4 is 0 Å². The number of hydrogen-bond acceptors (Lipinski definition) is 3. The van der Waals surface area contributed by atoms with Gasteiger partial charge < -0.3 is 4.90 Å². The van der Waals surface area contributed by atoms with Crippen molar-refractivity contribution < 1.29 is 13.2 Å². The molecule has 1 aliphatic rings. The van der Waals surface area contributed by atoms with E-state index in [1.165, 1.54) is 0 Å². The van der Waals surface area contributed by atoms with Crippen LogP contribution in [0.5, 0.6) is 0 Å². The number of benzene rings is 1. The number of halogens is 2. The fourth-order valence-corrected chi connectivity index (χ4v) is 4.88. The minimum atomic E-state index is -3.02. The zero-order valence-corrected chi connectivity index (χ0v) is 14.0. The Bertz CT molecular complexity index is 625. The second-order valence-electron chi connectivity index (χ2n) is 5.11. The highest BCUT2D eigenvalue weighted by molar-refractivity contribution is 7.91. The molecule has 0 N–H and O–H groups in total. The average Bonchev–Trinajstić information content (AvgIpc) is 2.75. The molecule has 0 spiro atoms. The van der Waals surface area contributed by atoms with Crippen molar-refractivity contribution in [2.45, 2.75) is 25.8 Å². The summed E-state index contributed by atoms with van der Waals surface area (Å²) in [5.41, 5.74) is 0.588. The number of amides is 1. The first-order chi connectivity index (χ1) is 9.84. The van der Waals surface area contributed by atoms with Gasteiger partial charge in [0.1, 0.15) is 0 Å². The van der Waals surface area contributed by atoms with Crippen LogP contribution >= 0.6 is 23.2 Å². The Morgan fingerprint density at radius 2 is 1.95 bits per heavy atom. The Labute approximate surface area is 134 Å². The summed E-state index contributed by atoms with van der Waals surface area (Å²) in [6.07, 6.45) is 0.584. The van der Waals surface area contributed by atoms with E-state index in [4.69, 9.17) is 23.2 Å². The lowest BCUT2D eigenvalue weighted by Crippen LogP contribution is -2.41. The third kappa shape index (κ3) is 3.90. The Balaban J connectivity index is 2.15. The van der Waals surface area contributed by atoms with Gasteiger partial charge in [-0.15, -0.1) is 0 Å². The van der Waals surface area contributed by atoms with Gasteiger partial charge in [-0.25, -0.2) is 8.42 Å². The Hall–Kier alpha value is -0.780. The smallest absolute Gasteiger partial charge is 0.227 e. The second-order valence-corrected chi connectivity index (χ2v) is 8.16. The predicted octanol–water partition coefficient (Wildman–Crippen LogP) is 2.57. The molecule has 1 aliphatic heterocycles. The molecule has 21 heavy (non-hydrogen) atoms. The Morgan fingerprint density at radius 1 is 1.33 bits per heavy atom.